The van der Waals surface area contributed by atoms with Crippen LogP contribution in [0.3, 0.4) is 0 Å². The standard InChI is InChI=1S/C30H31N9O/c1-2-4-20(5-3-1)27-16-24(40-38-27)19-32-30-33-25(21-8-10-23(11-9-21)39-14-12-31-13-15-39)17-28(35-30)34-29-18-26(36-37-29)22-6-7-22/h1-5,8-11,16-18,22,31H,6-7,12-15,19H2,(H3,32,33,34,35,36,37). The summed E-state index contributed by atoms with van der Waals surface area (Å²) in [4.78, 5) is 12.0. The minimum Gasteiger partial charge on any atom is -0.369 e. The molecular formula is C30H31N9O. The summed E-state index contributed by atoms with van der Waals surface area (Å²) < 4.78 is 5.58. The van der Waals surface area contributed by atoms with Gasteiger partial charge in [0.2, 0.25) is 5.95 Å². The number of nitrogens with zero attached hydrogens (tertiary/aromatic N) is 5. The second-order valence-electron chi connectivity index (χ2n) is 10.3. The average molecular weight is 534 g/mol. The van der Waals surface area contributed by atoms with Crippen molar-refractivity contribution in [3.63, 3.8) is 0 Å². The van der Waals surface area contributed by atoms with Crippen molar-refractivity contribution < 1.29 is 4.52 Å². The summed E-state index contributed by atoms with van der Waals surface area (Å²) in [5.74, 6) is 3.19. The van der Waals surface area contributed by atoms with Crippen LogP contribution in [0.15, 0.2) is 77.3 Å². The molecule has 10 heteroatoms. The van der Waals surface area contributed by atoms with E-state index >= 15 is 0 Å². The Hall–Kier alpha value is -4.70. The number of nitrogens with one attached hydrogen (secondary N) is 4. The van der Waals surface area contributed by atoms with Gasteiger partial charge in [0.1, 0.15) is 11.5 Å². The highest BCUT2D eigenvalue weighted by molar-refractivity contribution is 5.69. The van der Waals surface area contributed by atoms with E-state index in [1.165, 1.54) is 18.5 Å². The summed E-state index contributed by atoms with van der Waals surface area (Å²) in [6.07, 6.45) is 2.43. The number of hydrogen-bond donors (Lipinski definition) is 4. The third-order valence-corrected chi connectivity index (χ3v) is 7.29. The second-order valence-corrected chi connectivity index (χ2v) is 10.3. The molecule has 7 rings (SSSR count). The van der Waals surface area contributed by atoms with Crippen LogP contribution < -0.4 is 20.9 Å². The predicted octanol–water partition coefficient (Wildman–Crippen LogP) is 5.16. The Labute approximate surface area is 232 Å². The molecule has 0 bridgehead atoms. The van der Waals surface area contributed by atoms with Gasteiger partial charge in [0, 0.05) is 72.8 Å². The molecule has 3 aromatic heterocycles. The maximum atomic E-state index is 5.58. The van der Waals surface area contributed by atoms with Gasteiger partial charge in [-0.1, -0.05) is 47.6 Å². The van der Waals surface area contributed by atoms with Crippen LogP contribution in [0.5, 0.6) is 0 Å². The fraction of sp³-hybridized carbons (Fsp3) is 0.267. The summed E-state index contributed by atoms with van der Waals surface area (Å²) in [7, 11) is 0. The smallest absolute Gasteiger partial charge is 0.225 e. The van der Waals surface area contributed by atoms with E-state index in [1.807, 2.05) is 42.5 Å². The van der Waals surface area contributed by atoms with Gasteiger partial charge in [-0.15, -0.1) is 0 Å². The maximum absolute atomic E-state index is 5.58. The van der Waals surface area contributed by atoms with Crippen molar-refractivity contribution in [3.8, 4) is 22.5 Å². The first-order valence-electron chi connectivity index (χ1n) is 13.8. The molecule has 1 saturated carbocycles. The van der Waals surface area contributed by atoms with E-state index in [4.69, 9.17) is 14.5 Å². The molecule has 2 aliphatic rings. The monoisotopic (exact) mass is 533 g/mol. The first kappa shape index (κ1) is 24.3. The van der Waals surface area contributed by atoms with E-state index in [9.17, 15) is 0 Å². The van der Waals surface area contributed by atoms with Gasteiger partial charge in [0.05, 0.1) is 12.2 Å². The van der Waals surface area contributed by atoms with Gasteiger partial charge in [-0.3, -0.25) is 5.10 Å². The van der Waals surface area contributed by atoms with Crippen LogP contribution in [-0.2, 0) is 6.54 Å². The quantitative estimate of drug-likeness (QED) is 0.204. The van der Waals surface area contributed by atoms with E-state index in [0.29, 0.717) is 30.0 Å². The SMILES string of the molecule is c1ccc(-c2cc(CNc3nc(Nc4cc(C5CC5)[nH]n4)cc(-c4ccc(N5CCNCC5)cc4)n3)on2)cc1. The molecule has 202 valence electrons. The highest BCUT2D eigenvalue weighted by atomic mass is 16.5. The van der Waals surface area contributed by atoms with Gasteiger partial charge in [0.15, 0.2) is 11.6 Å². The summed E-state index contributed by atoms with van der Waals surface area (Å²) in [5, 5.41) is 21.9. The van der Waals surface area contributed by atoms with Gasteiger partial charge < -0.3 is 25.4 Å². The van der Waals surface area contributed by atoms with Gasteiger partial charge >= 0.3 is 0 Å². The van der Waals surface area contributed by atoms with Crippen molar-refractivity contribution >= 4 is 23.3 Å². The van der Waals surface area contributed by atoms with Gasteiger partial charge in [-0.25, -0.2) is 4.98 Å². The minimum absolute atomic E-state index is 0.402. The summed E-state index contributed by atoms with van der Waals surface area (Å²) >= 11 is 0. The Morgan fingerprint density at radius 2 is 1.65 bits per heavy atom. The molecule has 0 unspecified atom stereocenters. The zero-order valence-electron chi connectivity index (χ0n) is 22.1. The van der Waals surface area contributed by atoms with Crippen LogP contribution in [0.25, 0.3) is 22.5 Å². The highest BCUT2D eigenvalue weighted by Crippen LogP contribution is 2.39. The Bertz CT molecular complexity index is 1570. The predicted molar refractivity (Wildman–Crippen MR) is 156 cm³/mol. The van der Waals surface area contributed by atoms with E-state index < -0.39 is 0 Å². The van der Waals surface area contributed by atoms with E-state index in [2.05, 4.69) is 66.5 Å². The molecule has 0 amide bonds. The number of piperazine rings is 1. The minimum atomic E-state index is 0.402. The number of benzene rings is 2. The molecule has 2 aromatic carbocycles. The molecular weight excluding hydrogens is 502 g/mol. The number of rotatable bonds is 9. The molecule has 0 atom stereocenters. The van der Waals surface area contributed by atoms with Gasteiger partial charge in [0.25, 0.3) is 0 Å². The average Bonchev–Trinajstić information content (AvgIpc) is 3.57. The van der Waals surface area contributed by atoms with Crippen LogP contribution >= 0.6 is 0 Å². The van der Waals surface area contributed by atoms with Crippen molar-refractivity contribution in [2.75, 3.05) is 41.7 Å². The lowest BCUT2D eigenvalue weighted by Gasteiger charge is -2.29. The van der Waals surface area contributed by atoms with E-state index in [1.54, 1.807) is 0 Å². The molecule has 2 fully saturated rings. The third kappa shape index (κ3) is 5.52. The number of anilines is 4. The molecule has 5 aromatic rings. The topological polar surface area (TPSA) is 120 Å². The molecule has 40 heavy (non-hydrogen) atoms. The van der Waals surface area contributed by atoms with Crippen molar-refractivity contribution in [2.45, 2.75) is 25.3 Å². The van der Waals surface area contributed by atoms with Crippen LogP contribution in [0.4, 0.5) is 23.3 Å². The number of aromatic nitrogens is 5. The summed E-state index contributed by atoms with van der Waals surface area (Å²) in [6, 6.07) is 24.5. The first-order valence-corrected chi connectivity index (χ1v) is 13.8. The molecule has 10 nitrogen and oxygen atoms in total. The van der Waals surface area contributed by atoms with Crippen LogP contribution in [0.2, 0.25) is 0 Å². The molecule has 0 spiro atoms. The fourth-order valence-corrected chi connectivity index (χ4v) is 4.95. The Morgan fingerprint density at radius 3 is 2.45 bits per heavy atom. The number of hydrogen-bond acceptors (Lipinski definition) is 9. The van der Waals surface area contributed by atoms with E-state index in [0.717, 1.165) is 60.2 Å². The van der Waals surface area contributed by atoms with Crippen molar-refractivity contribution in [1.29, 1.82) is 0 Å². The van der Waals surface area contributed by atoms with Gasteiger partial charge in [-0.2, -0.15) is 10.1 Å². The number of aromatic amines is 1. The molecule has 4 N–H and O–H groups in total. The van der Waals surface area contributed by atoms with E-state index in [-0.39, 0.29) is 0 Å². The van der Waals surface area contributed by atoms with Gasteiger partial charge in [-0.05, 0) is 25.0 Å². The maximum Gasteiger partial charge on any atom is 0.225 e. The Morgan fingerprint density at radius 1 is 0.850 bits per heavy atom. The van der Waals surface area contributed by atoms with Crippen LogP contribution in [0, 0.1) is 0 Å². The lowest BCUT2D eigenvalue weighted by Crippen LogP contribution is -2.43. The second kappa shape index (κ2) is 10.8. The molecule has 1 aliphatic carbocycles. The Kier molecular flexibility index (Phi) is 6.58. The van der Waals surface area contributed by atoms with Crippen LogP contribution in [-0.4, -0.2) is 51.5 Å². The lowest BCUT2D eigenvalue weighted by molar-refractivity contribution is 0.390. The van der Waals surface area contributed by atoms with Crippen molar-refractivity contribution in [3.05, 3.63) is 84.3 Å². The summed E-state index contributed by atoms with van der Waals surface area (Å²) in [5.41, 5.74) is 6.02. The van der Waals surface area contributed by atoms with Crippen molar-refractivity contribution in [1.82, 2.24) is 30.6 Å². The zero-order chi connectivity index (χ0) is 26.7. The zero-order valence-corrected chi connectivity index (χ0v) is 22.1. The molecule has 1 aliphatic heterocycles. The largest absolute Gasteiger partial charge is 0.369 e. The Balaban J connectivity index is 1.13. The molecule has 4 heterocycles. The molecule has 1 saturated heterocycles. The first-order chi connectivity index (χ1) is 19.8. The fourth-order valence-electron chi connectivity index (χ4n) is 4.95. The van der Waals surface area contributed by atoms with Crippen molar-refractivity contribution in [2.24, 2.45) is 0 Å². The third-order valence-electron chi connectivity index (χ3n) is 7.29. The number of H-pyrrole nitrogens is 1. The highest BCUT2D eigenvalue weighted by Gasteiger charge is 2.25. The normalized spacial score (nSPS) is 15.2. The van der Waals surface area contributed by atoms with Crippen LogP contribution in [0.1, 0.15) is 30.2 Å². The summed E-state index contributed by atoms with van der Waals surface area (Å²) in [6.45, 7) is 4.43. The lowest BCUT2D eigenvalue weighted by atomic mass is 10.1. The molecule has 0 radical (unpaired) electrons.